The zero-order chi connectivity index (χ0) is 9.30. The van der Waals surface area contributed by atoms with Crippen LogP contribution in [0.15, 0.2) is 6.20 Å². The predicted molar refractivity (Wildman–Crippen MR) is 35.6 cm³/mol. The van der Waals surface area contributed by atoms with Crippen molar-refractivity contribution in [3.05, 3.63) is 23.3 Å². The third kappa shape index (κ3) is 1.34. The molecular formula is C7H6F3NO. The average molecular weight is 177 g/mol. The highest BCUT2D eigenvalue weighted by atomic mass is 19.3. The maximum absolute atomic E-state index is 12.7. The number of rotatable bonds is 1. The highest BCUT2D eigenvalue weighted by molar-refractivity contribution is 5.32. The molecule has 0 amide bonds. The van der Waals surface area contributed by atoms with E-state index in [2.05, 4.69) is 4.98 Å². The van der Waals surface area contributed by atoms with Crippen LogP contribution in [0, 0.1) is 12.7 Å². The number of pyridine rings is 1. The van der Waals surface area contributed by atoms with Crippen LogP contribution in [0.1, 0.15) is 17.7 Å². The molecule has 0 aliphatic rings. The fraction of sp³-hybridized carbons (Fsp3) is 0.286. The normalized spacial score (nSPS) is 10.8. The number of hydrogen-bond acceptors (Lipinski definition) is 2. The van der Waals surface area contributed by atoms with Crippen molar-refractivity contribution in [3.63, 3.8) is 0 Å². The smallest absolute Gasteiger partial charge is 0.284 e. The van der Waals surface area contributed by atoms with Crippen molar-refractivity contribution in [2.45, 2.75) is 13.3 Å². The number of aromatic hydroxyl groups is 1. The van der Waals surface area contributed by atoms with E-state index in [9.17, 15) is 13.2 Å². The molecule has 5 heteroatoms. The molecule has 0 fully saturated rings. The van der Waals surface area contributed by atoms with Crippen LogP contribution in [-0.2, 0) is 0 Å². The molecule has 0 spiro atoms. The summed E-state index contributed by atoms with van der Waals surface area (Å²) in [6.07, 6.45) is -2.00. The van der Waals surface area contributed by atoms with Gasteiger partial charge >= 0.3 is 0 Å². The summed E-state index contributed by atoms with van der Waals surface area (Å²) < 4.78 is 36.6. The van der Waals surface area contributed by atoms with Gasteiger partial charge in [-0.05, 0) is 6.92 Å². The molecule has 66 valence electrons. The summed E-state index contributed by atoms with van der Waals surface area (Å²) in [5.41, 5.74) is -0.880. The summed E-state index contributed by atoms with van der Waals surface area (Å²) in [6, 6.07) is 0. The van der Waals surface area contributed by atoms with E-state index in [0.29, 0.717) is 0 Å². The van der Waals surface area contributed by atoms with E-state index < -0.39 is 23.7 Å². The Morgan fingerprint density at radius 3 is 2.58 bits per heavy atom. The number of alkyl halides is 2. The minimum atomic E-state index is -2.96. The Morgan fingerprint density at radius 2 is 2.08 bits per heavy atom. The van der Waals surface area contributed by atoms with Gasteiger partial charge in [-0.25, -0.2) is 13.2 Å². The van der Waals surface area contributed by atoms with Crippen LogP contribution < -0.4 is 0 Å². The van der Waals surface area contributed by atoms with Gasteiger partial charge in [0.2, 0.25) is 0 Å². The van der Waals surface area contributed by atoms with Gasteiger partial charge in [-0.1, -0.05) is 0 Å². The maximum atomic E-state index is 12.7. The number of aryl methyl sites for hydroxylation is 1. The molecule has 0 bridgehead atoms. The van der Waals surface area contributed by atoms with Gasteiger partial charge in [0, 0.05) is 11.8 Å². The van der Waals surface area contributed by atoms with Gasteiger partial charge in [-0.15, -0.1) is 0 Å². The van der Waals surface area contributed by atoms with Gasteiger partial charge in [-0.3, -0.25) is 4.98 Å². The second-order valence-corrected chi connectivity index (χ2v) is 2.29. The van der Waals surface area contributed by atoms with Gasteiger partial charge in [0.1, 0.15) is 0 Å². The molecule has 0 saturated heterocycles. The van der Waals surface area contributed by atoms with E-state index in [1.165, 1.54) is 6.92 Å². The Hall–Kier alpha value is -1.26. The van der Waals surface area contributed by atoms with Crippen molar-refractivity contribution in [1.82, 2.24) is 4.98 Å². The molecule has 0 aromatic carbocycles. The standard InChI is InChI=1S/C7H6F3NO/c1-3-2-11-5(7(9)10)6(12)4(3)8/h2,7,12H,1H3. The number of aromatic nitrogens is 1. The van der Waals surface area contributed by atoms with Gasteiger partial charge in [0.15, 0.2) is 17.3 Å². The molecule has 2 nitrogen and oxygen atoms in total. The monoisotopic (exact) mass is 177 g/mol. The van der Waals surface area contributed by atoms with Gasteiger partial charge in [-0.2, -0.15) is 0 Å². The highest BCUT2D eigenvalue weighted by Crippen LogP contribution is 2.29. The molecule has 1 aromatic rings. The largest absolute Gasteiger partial charge is 0.503 e. The van der Waals surface area contributed by atoms with Crippen molar-refractivity contribution in [3.8, 4) is 5.75 Å². The Labute approximate surface area is 66.7 Å². The first kappa shape index (κ1) is 8.83. The van der Waals surface area contributed by atoms with Crippen molar-refractivity contribution in [1.29, 1.82) is 0 Å². The van der Waals surface area contributed by atoms with Crippen LogP contribution in [0.2, 0.25) is 0 Å². The lowest BCUT2D eigenvalue weighted by atomic mass is 10.2. The zero-order valence-corrected chi connectivity index (χ0v) is 6.18. The third-order valence-corrected chi connectivity index (χ3v) is 1.40. The number of hydrogen-bond donors (Lipinski definition) is 1. The Morgan fingerprint density at radius 1 is 1.50 bits per heavy atom. The average Bonchev–Trinajstić information content (AvgIpc) is 2.00. The van der Waals surface area contributed by atoms with E-state index in [4.69, 9.17) is 5.11 Å². The van der Waals surface area contributed by atoms with E-state index >= 15 is 0 Å². The van der Waals surface area contributed by atoms with E-state index in [-0.39, 0.29) is 5.56 Å². The quantitative estimate of drug-likeness (QED) is 0.713. The van der Waals surface area contributed by atoms with Gasteiger partial charge in [0.05, 0.1) is 0 Å². The minimum Gasteiger partial charge on any atom is -0.503 e. The molecule has 12 heavy (non-hydrogen) atoms. The summed E-state index contributed by atoms with van der Waals surface area (Å²) in [5.74, 6) is -2.11. The first-order valence-corrected chi connectivity index (χ1v) is 3.16. The molecule has 1 aromatic heterocycles. The molecule has 0 aliphatic heterocycles. The Bertz CT molecular complexity index is 301. The fourth-order valence-corrected chi connectivity index (χ4v) is 0.743. The van der Waals surface area contributed by atoms with Crippen molar-refractivity contribution >= 4 is 0 Å². The molecule has 1 N–H and O–H groups in total. The molecule has 0 atom stereocenters. The molecule has 0 unspecified atom stereocenters. The van der Waals surface area contributed by atoms with Crippen LogP contribution >= 0.6 is 0 Å². The number of halogens is 3. The van der Waals surface area contributed by atoms with E-state index in [0.717, 1.165) is 6.20 Å². The Kier molecular flexibility index (Phi) is 2.21. The topological polar surface area (TPSA) is 33.1 Å². The lowest BCUT2D eigenvalue weighted by molar-refractivity contribution is 0.140. The minimum absolute atomic E-state index is 0.0388. The van der Waals surface area contributed by atoms with E-state index in [1.54, 1.807) is 0 Å². The van der Waals surface area contributed by atoms with Crippen molar-refractivity contribution in [2.24, 2.45) is 0 Å². The summed E-state index contributed by atoms with van der Waals surface area (Å²) in [5, 5.41) is 8.83. The molecule has 1 heterocycles. The highest BCUT2D eigenvalue weighted by Gasteiger charge is 2.18. The Balaban J connectivity index is 3.27. The first-order valence-electron chi connectivity index (χ1n) is 3.16. The van der Waals surface area contributed by atoms with Crippen LogP contribution in [-0.4, -0.2) is 10.1 Å². The lowest BCUT2D eigenvalue weighted by Crippen LogP contribution is -1.95. The van der Waals surface area contributed by atoms with Crippen LogP contribution in [0.4, 0.5) is 13.2 Å². The van der Waals surface area contributed by atoms with E-state index in [1.807, 2.05) is 0 Å². The molecule has 0 saturated carbocycles. The SMILES string of the molecule is Cc1cnc(C(F)F)c(O)c1F. The lowest BCUT2D eigenvalue weighted by Gasteiger charge is -2.04. The van der Waals surface area contributed by atoms with Crippen molar-refractivity contribution in [2.75, 3.05) is 0 Å². The van der Waals surface area contributed by atoms with Gasteiger partial charge < -0.3 is 5.11 Å². The van der Waals surface area contributed by atoms with Gasteiger partial charge in [0.25, 0.3) is 6.43 Å². The second kappa shape index (κ2) is 3.00. The fourth-order valence-electron chi connectivity index (χ4n) is 0.743. The third-order valence-electron chi connectivity index (χ3n) is 1.40. The molecule has 0 aliphatic carbocycles. The molecule has 0 radical (unpaired) electrons. The van der Waals surface area contributed by atoms with Crippen LogP contribution in [0.5, 0.6) is 5.75 Å². The molecule has 1 rings (SSSR count). The summed E-state index contributed by atoms with van der Waals surface area (Å²) in [7, 11) is 0. The summed E-state index contributed by atoms with van der Waals surface area (Å²) >= 11 is 0. The summed E-state index contributed by atoms with van der Waals surface area (Å²) in [6.45, 7) is 1.33. The maximum Gasteiger partial charge on any atom is 0.284 e. The van der Waals surface area contributed by atoms with Crippen molar-refractivity contribution < 1.29 is 18.3 Å². The van der Waals surface area contributed by atoms with Crippen LogP contribution in [0.3, 0.4) is 0 Å². The predicted octanol–water partition coefficient (Wildman–Crippen LogP) is 2.17. The number of nitrogens with zero attached hydrogens (tertiary/aromatic N) is 1. The molecular weight excluding hydrogens is 171 g/mol. The second-order valence-electron chi connectivity index (χ2n) is 2.29. The summed E-state index contributed by atoms with van der Waals surface area (Å²) in [4.78, 5) is 3.20. The zero-order valence-electron chi connectivity index (χ0n) is 6.18. The first-order chi connectivity index (χ1) is 5.54. The van der Waals surface area contributed by atoms with Crippen LogP contribution in [0.25, 0.3) is 0 Å².